The second kappa shape index (κ2) is 6.50. The minimum absolute atomic E-state index is 0.0798. The SMILES string of the molecule is O=C(Nc1ccccn1)C1CCC(CCO)CC1. The number of hydrogen-bond acceptors (Lipinski definition) is 3. The quantitative estimate of drug-likeness (QED) is 0.858. The zero-order valence-electron chi connectivity index (χ0n) is 10.5. The Morgan fingerprint density at radius 2 is 2.11 bits per heavy atom. The highest BCUT2D eigenvalue weighted by Crippen LogP contribution is 2.31. The summed E-state index contributed by atoms with van der Waals surface area (Å²) in [4.78, 5) is 16.1. The molecule has 1 amide bonds. The van der Waals surface area contributed by atoms with Crippen LogP contribution in [0.25, 0.3) is 0 Å². The van der Waals surface area contributed by atoms with Crippen LogP contribution in [0.5, 0.6) is 0 Å². The maximum atomic E-state index is 12.0. The van der Waals surface area contributed by atoms with Crippen LogP contribution >= 0.6 is 0 Å². The fourth-order valence-corrected chi connectivity index (χ4v) is 2.56. The van der Waals surface area contributed by atoms with E-state index in [0.29, 0.717) is 11.7 Å². The van der Waals surface area contributed by atoms with Gasteiger partial charge >= 0.3 is 0 Å². The molecule has 2 N–H and O–H groups in total. The van der Waals surface area contributed by atoms with Gasteiger partial charge in [-0.25, -0.2) is 4.98 Å². The topological polar surface area (TPSA) is 62.2 Å². The van der Waals surface area contributed by atoms with Gasteiger partial charge in [0.25, 0.3) is 0 Å². The second-order valence-corrected chi connectivity index (χ2v) is 4.93. The third-order valence-corrected chi connectivity index (χ3v) is 3.67. The smallest absolute Gasteiger partial charge is 0.228 e. The predicted octanol–water partition coefficient (Wildman–Crippen LogP) is 2.21. The van der Waals surface area contributed by atoms with E-state index in [1.54, 1.807) is 12.3 Å². The maximum Gasteiger partial charge on any atom is 0.228 e. The molecule has 18 heavy (non-hydrogen) atoms. The van der Waals surface area contributed by atoms with E-state index in [1.807, 2.05) is 12.1 Å². The average Bonchev–Trinajstić information content (AvgIpc) is 2.41. The first-order valence-corrected chi connectivity index (χ1v) is 6.62. The number of aliphatic hydroxyl groups is 1. The lowest BCUT2D eigenvalue weighted by Crippen LogP contribution is -2.27. The highest BCUT2D eigenvalue weighted by molar-refractivity contribution is 5.91. The highest BCUT2D eigenvalue weighted by Gasteiger charge is 2.26. The zero-order valence-corrected chi connectivity index (χ0v) is 10.5. The molecule has 0 unspecified atom stereocenters. The van der Waals surface area contributed by atoms with Gasteiger partial charge in [-0.15, -0.1) is 0 Å². The van der Waals surface area contributed by atoms with Crippen LogP contribution in [-0.2, 0) is 4.79 Å². The Hall–Kier alpha value is -1.42. The van der Waals surface area contributed by atoms with Gasteiger partial charge in [0, 0.05) is 18.7 Å². The second-order valence-electron chi connectivity index (χ2n) is 4.93. The molecule has 0 radical (unpaired) electrons. The highest BCUT2D eigenvalue weighted by atomic mass is 16.3. The molecule has 1 aromatic heterocycles. The van der Waals surface area contributed by atoms with Gasteiger partial charge < -0.3 is 10.4 Å². The molecule has 0 aromatic carbocycles. The first-order chi connectivity index (χ1) is 8.79. The zero-order chi connectivity index (χ0) is 12.8. The van der Waals surface area contributed by atoms with Gasteiger partial charge in [0.1, 0.15) is 5.82 Å². The summed E-state index contributed by atoms with van der Waals surface area (Å²) in [5, 5.41) is 11.8. The molecule has 0 atom stereocenters. The molecule has 1 fully saturated rings. The van der Waals surface area contributed by atoms with E-state index in [0.717, 1.165) is 32.1 Å². The molecule has 4 heteroatoms. The van der Waals surface area contributed by atoms with Gasteiger partial charge in [-0.1, -0.05) is 6.07 Å². The van der Waals surface area contributed by atoms with Crippen molar-refractivity contribution in [1.82, 2.24) is 4.98 Å². The Morgan fingerprint density at radius 3 is 2.72 bits per heavy atom. The molecular formula is C14H20N2O2. The lowest BCUT2D eigenvalue weighted by molar-refractivity contribution is -0.121. The summed E-state index contributed by atoms with van der Waals surface area (Å²) in [6.45, 7) is 0.259. The number of nitrogens with one attached hydrogen (secondary N) is 1. The van der Waals surface area contributed by atoms with E-state index in [1.165, 1.54) is 0 Å². The number of anilines is 1. The lowest BCUT2D eigenvalue weighted by atomic mass is 9.80. The molecule has 1 aromatic rings. The van der Waals surface area contributed by atoms with Crippen molar-refractivity contribution in [2.75, 3.05) is 11.9 Å². The Balaban J connectivity index is 1.81. The Labute approximate surface area is 107 Å². The summed E-state index contributed by atoms with van der Waals surface area (Å²) in [6.07, 6.45) is 6.47. The molecule has 0 saturated heterocycles. The van der Waals surface area contributed by atoms with E-state index in [4.69, 9.17) is 5.11 Å². The molecule has 98 valence electrons. The number of pyridine rings is 1. The van der Waals surface area contributed by atoms with Gasteiger partial charge in [-0.05, 0) is 50.2 Å². The first-order valence-electron chi connectivity index (χ1n) is 6.62. The molecular weight excluding hydrogens is 228 g/mol. The maximum absolute atomic E-state index is 12.0. The van der Waals surface area contributed by atoms with Crippen molar-refractivity contribution in [1.29, 1.82) is 0 Å². The van der Waals surface area contributed by atoms with Crippen LogP contribution in [0.15, 0.2) is 24.4 Å². The number of aliphatic hydroxyl groups excluding tert-OH is 1. The predicted molar refractivity (Wildman–Crippen MR) is 70.0 cm³/mol. The monoisotopic (exact) mass is 248 g/mol. The minimum Gasteiger partial charge on any atom is -0.396 e. The minimum atomic E-state index is 0.0798. The number of carbonyl (C=O) groups excluding carboxylic acids is 1. The number of hydrogen-bond donors (Lipinski definition) is 2. The lowest BCUT2D eigenvalue weighted by Gasteiger charge is -2.27. The van der Waals surface area contributed by atoms with Crippen LogP contribution in [0.2, 0.25) is 0 Å². The third-order valence-electron chi connectivity index (χ3n) is 3.67. The molecule has 1 aliphatic rings. The first kappa shape index (κ1) is 13.0. The standard InChI is InChI=1S/C14H20N2O2/c17-10-8-11-4-6-12(7-5-11)14(18)16-13-3-1-2-9-15-13/h1-3,9,11-12,17H,4-8,10H2,(H,15,16,18). The number of nitrogens with zero attached hydrogens (tertiary/aromatic N) is 1. The number of carbonyl (C=O) groups is 1. The van der Waals surface area contributed by atoms with Crippen LogP contribution in [-0.4, -0.2) is 22.6 Å². The molecule has 0 bridgehead atoms. The summed E-state index contributed by atoms with van der Waals surface area (Å²) >= 11 is 0. The Morgan fingerprint density at radius 1 is 1.33 bits per heavy atom. The summed E-state index contributed by atoms with van der Waals surface area (Å²) in [7, 11) is 0. The summed E-state index contributed by atoms with van der Waals surface area (Å²) in [5.41, 5.74) is 0. The van der Waals surface area contributed by atoms with E-state index in [9.17, 15) is 4.79 Å². The van der Waals surface area contributed by atoms with E-state index >= 15 is 0 Å². The largest absolute Gasteiger partial charge is 0.396 e. The van der Waals surface area contributed by atoms with Crippen molar-refractivity contribution in [2.45, 2.75) is 32.1 Å². The number of amides is 1. The van der Waals surface area contributed by atoms with Crippen molar-refractivity contribution in [3.05, 3.63) is 24.4 Å². The molecule has 1 aliphatic carbocycles. The van der Waals surface area contributed by atoms with Gasteiger partial charge in [0.2, 0.25) is 5.91 Å². The molecule has 0 aliphatic heterocycles. The van der Waals surface area contributed by atoms with Crippen molar-refractivity contribution >= 4 is 11.7 Å². The van der Waals surface area contributed by atoms with E-state index < -0.39 is 0 Å². The van der Waals surface area contributed by atoms with Crippen LogP contribution in [0.3, 0.4) is 0 Å². The van der Waals surface area contributed by atoms with Gasteiger partial charge in [-0.3, -0.25) is 4.79 Å². The summed E-state index contributed by atoms with van der Waals surface area (Å²) in [6, 6.07) is 5.49. The number of rotatable bonds is 4. The van der Waals surface area contributed by atoms with E-state index in [-0.39, 0.29) is 18.4 Å². The van der Waals surface area contributed by atoms with Crippen molar-refractivity contribution in [3.63, 3.8) is 0 Å². The Bertz CT molecular complexity index is 373. The fraction of sp³-hybridized carbons (Fsp3) is 0.571. The van der Waals surface area contributed by atoms with Crippen LogP contribution in [0, 0.1) is 11.8 Å². The van der Waals surface area contributed by atoms with Gasteiger partial charge in [-0.2, -0.15) is 0 Å². The van der Waals surface area contributed by atoms with Crippen molar-refractivity contribution in [3.8, 4) is 0 Å². The van der Waals surface area contributed by atoms with Crippen molar-refractivity contribution in [2.24, 2.45) is 11.8 Å². The van der Waals surface area contributed by atoms with Crippen LogP contribution in [0.4, 0.5) is 5.82 Å². The number of aromatic nitrogens is 1. The Kier molecular flexibility index (Phi) is 4.70. The molecule has 2 rings (SSSR count). The molecule has 4 nitrogen and oxygen atoms in total. The van der Waals surface area contributed by atoms with Crippen LogP contribution < -0.4 is 5.32 Å². The van der Waals surface area contributed by atoms with Crippen LogP contribution in [0.1, 0.15) is 32.1 Å². The summed E-state index contributed by atoms with van der Waals surface area (Å²) < 4.78 is 0. The van der Waals surface area contributed by atoms with Gasteiger partial charge in [0.05, 0.1) is 0 Å². The third kappa shape index (κ3) is 3.53. The fourth-order valence-electron chi connectivity index (χ4n) is 2.56. The normalized spacial score (nSPS) is 23.6. The molecule has 0 spiro atoms. The van der Waals surface area contributed by atoms with Gasteiger partial charge in [0.15, 0.2) is 0 Å². The van der Waals surface area contributed by atoms with E-state index in [2.05, 4.69) is 10.3 Å². The van der Waals surface area contributed by atoms with Crippen molar-refractivity contribution < 1.29 is 9.90 Å². The average molecular weight is 248 g/mol. The molecule has 1 saturated carbocycles. The molecule has 1 heterocycles. The summed E-state index contributed by atoms with van der Waals surface area (Å²) in [5.74, 6) is 1.40.